The van der Waals surface area contributed by atoms with Gasteiger partial charge in [-0.2, -0.15) is 0 Å². The van der Waals surface area contributed by atoms with E-state index >= 15 is 0 Å². The van der Waals surface area contributed by atoms with Crippen LogP contribution in [-0.2, 0) is 16.3 Å². The van der Waals surface area contributed by atoms with Crippen LogP contribution >= 0.6 is 0 Å². The number of rotatable bonds is 11. The van der Waals surface area contributed by atoms with Gasteiger partial charge in [-0.25, -0.2) is 8.42 Å². The van der Waals surface area contributed by atoms with Gasteiger partial charge in [0.15, 0.2) is 9.84 Å². The number of ether oxygens (including phenoxy) is 1. The summed E-state index contributed by atoms with van der Waals surface area (Å²) in [5.74, 6) is 1.35. The van der Waals surface area contributed by atoms with Gasteiger partial charge in [0, 0.05) is 0 Å². The predicted octanol–water partition coefficient (Wildman–Crippen LogP) is 5.71. The van der Waals surface area contributed by atoms with E-state index in [0.29, 0.717) is 11.9 Å². The van der Waals surface area contributed by atoms with Gasteiger partial charge in [0.05, 0.1) is 17.1 Å². The minimum absolute atomic E-state index is 0.243. The van der Waals surface area contributed by atoms with E-state index in [1.807, 2.05) is 0 Å². The van der Waals surface area contributed by atoms with E-state index in [-0.39, 0.29) is 5.25 Å². The van der Waals surface area contributed by atoms with Crippen LogP contribution in [0, 0.1) is 0 Å². The average molecular weight is 381 g/mol. The molecule has 1 saturated carbocycles. The van der Waals surface area contributed by atoms with Crippen LogP contribution in [0.5, 0.6) is 5.75 Å². The highest BCUT2D eigenvalue weighted by Crippen LogP contribution is 2.24. The van der Waals surface area contributed by atoms with E-state index in [1.54, 1.807) is 13.8 Å². The molecule has 1 fully saturated rings. The lowest BCUT2D eigenvalue weighted by molar-refractivity contribution is 0.155. The molecule has 0 unspecified atom stereocenters. The molecule has 0 bridgehead atoms. The first-order valence-corrected chi connectivity index (χ1v) is 12.2. The Morgan fingerprint density at radius 3 is 2.19 bits per heavy atom. The molecule has 0 saturated heterocycles. The highest BCUT2D eigenvalue weighted by atomic mass is 32.2. The molecule has 0 atom stereocenters. The zero-order valence-electron chi connectivity index (χ0n) is 16.6. The third-order valence-corrected chi connectivity index (χ3v) is 7.69. The van der Waals surface area contributed by atoms with Crippen molar-refractivity contribution in [3.05, 3.63) is 29.8 Å². The first-order valence-electron chi connectivity index (χ1n) is 10.4. The summed E-state index contributed by atoms with van der Waals surface area (Å²) in [5, 5.41) is -0.243. The Balaban J connectivity index is 1.57. The lowest BCUT2D eigenvalue weighted by atomic mass is 9.98. The molecule has 1 aromatic carbocycles. The first-order chi connectivity index (χ1) is 12.5. The molecule has 26 heavy (non-hydrogen) atoms. The van der Waals surface area contributed by atoms with Gasteiger partial charge in [0.25, 0.3) is 0 Å². The van der Waals surface area contributed by atoms with Crippen molar-refractivity contribution in [3.63, 3.8) is 0 Å². The Morgan fingerprint density at radius 2 is 1.54 bits per heavy atom. The Hall–Kier alpha value is -1.03. The molecule has 0 aromatic heterocycles. The molecular weight excluding hydrogens is 344 g/mol. The maximum Gasteiger partial charge on any atom is 0.152 e. The van der Waals surface area contributed by atoms with E-state index in [9.17, 15) is 8.42 Å². The quantitative estimate of drug-likeness (QED) is 0.462. The van der Waals surface area contributed by atoms with Crippen LogP contribution in [0.15, 0.2) is 24.3 Å². The van der Waals surface area contributed by atoms with E-state index in [1.165, 1.54) is 50.5 Å². The molecule has 0 amide bonds. The molecule has 3 nitrogen and oxygen atoms in total. The molecule has 0 spiro atoms. The summed E-state index contributed by atoms with van der Waals surface area (Å²) in [7, 11) is -2.86. The molecule has 1 aliphatic rings. The summed E-state index contributed by atoms with van der Waals surface area (Å²) >= 11 is 0. The van der Waals surface area contributed by atoms with E-state index in [0.717, 1.165) is 31.4 Å². The summed E-state index contributed by atoms with van der Waals surface area (Å²) in [6.07, 6.45) is 13.1. The normalized spacial score (nSPS) is 16.1. The largest absolute Gasteiger partial charge is 0.490 e. The minimum atomic E-state index is -2.86. The molecule has 0 N–H and O–H groups in total. The molecule has 2 rings (SSSR count). The summed E-state index contributed by atoms with van der Waals surface area (Å²) in [4.78, 5) is 0. The van der Waals surface area contributed by atoms with E-state index < -0.39 is 9.84 Å². The fraction of sp³-hybridized carbons (Fsp3) is 0.727. The molecular formula is C22H36O3S. The first kappa shape index (κ1) is 21.3. The van der Waals surface area contributed by atoms with Crippen LogP contribution in [0.2, 0.25) is 0 Å². The highest BCUT2D eigenvalue weighted by Gasteiger charge is 2.15. The second kappa shape index (κ2) is 11.0. The van der Waals surface area contributed by atoms with Crippen LogP contribution in [0.25, 0.3) is 0 Å². The third-order valence-electron chi connectivity index (χ3n) is 5.39. The van der Waals surface area contributed by atoms with Crippen molar-refractivity contribution < 1.29 is 13.2 Å². The maximum atomic E-state index is 11.7. The van der Waals surface area contributed by atoms with Crippen molar-refractivity contribution in [3.8, 4) is 5.75 Å². The minimum Gasteiger partial charge on any atom is -0.490 e. The Labute approximate surface area is 160 Å². The number of sulfone groups is 1. The Morgan fingerprint density at radius 1 is 0.923 bits per heavy atom. The van der Waals surface area contributed by atoms with Crippen molar-refractivity contribution in [2.45, 2.75) is 95.8 Å². The lowest BCUT2D eigenvalue weighted by Gasteiger charge is -2.23. The number of aryl methyl sites for hydroxylation is 1. The predicted molar refractivity (Wildman–Crippen MR) is 110 cm³/mol. The molecule has 0 radical (unpaired) electrons. The molecule has 1 aromatic rings. The van der Waals surface area contributed by atoms with Gasteiger partial charge in [-0.05, 0) is 76.5 Å². The molecule has 1 aliphatic carbocycles. The van der Waals surface area contributed by atoms with Crippen molar-refractivity contribution in [2.75, 3.05) is 5.75 Å². The summed E-state index contributed by atoms with van der Waals surface area (Å²) in [5.41, 5.74) is 1.36. The number of benzene rings is 1. The van der Waals surface area contributed by atoms with Gasteiger partial charge in [-0.1, -0.05) is 37.8 Å². The van der Waals surface area contributed by atoms with Crippen LogP contribution in [0.3, 0.4) is 0 Å². The topological polar surface area (TPSA) is 43.4 Å². The van der Waals surface area contributed by atoms with Crippen molar-refractivity contribution in [1.82, 2.24) is 0 Å². The maximum absolute atomic E-state index is 11.7. The summed E-state index contributed by atoms with van der Waals surface area (Å²) in [6.45, 7) is 3.53. The third kappa shape index (κ3) is 7.69. The van der Waals surface area contributed by atoms with Gasteiger partial charge in [0.2, 0.25) is 0 Å². The average Bonchev–Trinajstić information content (AvgIpc) is 2.63. The van der Waals surface area contributed by atoms with Gasteiger partial charge >= 0.3 is 0 Å². The summed E-state index contributed by atoms with van der Waals surface area (Å²) < 4.78 is 29.6. The second-order valence-electron chi connectivity index (χ2n) is 7.96. The van der Waals surface area contributed by atoms with Gasteiger partial charge in [-0.3, -0.25) is 0 Å². The SMILES string of the molecule is CC(C)S(=O)(=O)CCCCCCCc1ccc(OC2CCCCC2)cc1. The number of unbranched alkanes of at least 4 members (excludes halogenated alkanes) is 4. The van der Waals surface area contributed by atoms with E-state index in [2.05, 4.69) is 24.3 Å². The Kier molecular flexibility index (Phi) is 8.97. The molecule has 0 aliphatic heterocycles. The van der Waals surface area contributed by atoms with Gasteiger partial charge < -0.3 is 4.74 Å². The fourth-order valence-electron chi connectivity index (χ4n) is 3.51. The number of hydrogen-bond acceptors (Lipinski definition) is 3. The number of hydrogen-bond donors (Lipinski definition) is 0. The monoisotopic (exact) mass is 380 g/mol. The van der Waals surface area contributed by atoms with Crippen LogP contribution in [0.1, 0.15) is 83.6 Å². The zero-order valence-corrected chi connectivity index (χ0v) is 17.4. The van der Waals surface area contributed by atoms with Crippen LogP contribution in [-0.4, -0.2) is 25.5 Å². The molecule has 0 heterocycles. The van der Waals surface area contributed by atoms with Gasteiger partial charge in [0.1, 0.15) is 5.75 Å². The van der Waals surface area contributed by atoms with Crippen molar-refractivity contribution in [1.29, 1.82) is 0 Å². The van der Waals surface area contributed by atoms with Crippen LogP contribution < -0.4 is 4.74 Å². The highest BCUT2D eigenvalue weighted by molar-refractivity contribution is 7.91. The van der Waals surface area contributed by atoms with E-state index in [4.69, 9.17) is 4.74 Å². The molecule has 148 valence electrons. The Bertz CT molecular complexity index is 599. The summed E-state index contributed by atoms with van der Waals surface area (Å²) in [6, 6.07) is 8.60. The fourth-order valence-corrected chi connectivity index (χ4v) is 4.59. The lowest BCUT2D eigenvalue weighted by Crippen LogP contribution is -2.19. The molecule has 4 heteroatoms. The standard InChI is InChI=1S/C22H36O3S/c1-19(2)26(23,24)18-10-5-3-4-7-11-20-14-16-22(17-15-20)25-21-12-8-6-9-13-21/h14-17,19,21H,3-13,18H2,1-2H3. The smallest absolute Gasteiger partial charge is 0.152 e. The van der Waals surface area contributed by atoms with Gasteiger partial charge in [-0.15, -0.1) is 0 Å². The van der Waals surface area contributed by atoms with Crippen LogP contribution in [0.4, 0.5) is 0 Å². The van der Waals surface area contributed by atoms with Crippen molar-refractivity contribution in [2.24, 2.45) is 0 Å². The zero-order chi connectivity index (χ0) is 18.8. The van der Waals surface area contributed by atoms with Crippen molar-refractivity contribution >= 4 is 9.84 Å². The second-order valence-corrected chi connectivity index (χ2v) is 10.6.